The number of hydrogen-bond acceptors (Lipinski definition) is 3. The molecule has 2 aromatic rings. The van der Waals surface area contributed by atoms with Crippen molar-refractivity contribution in [3.05, 3.63) is 59.7 Å². The van der Waals surface area contributed by atoms with Crippen molar-refractivity contribution < 1.29 is 4.79 Å². The first-order valence-corrected chi connectivity index (χ1v) is 6.82. The molecule has 1 amide bonds. The van der Waals surface area contributed by atoms with Crippen molar-refractivity contribution in [2.75, 3.05) is 6.54 Å². The van der Waals surface area contributed by atoms with Gasteiger partial charge in [0.15, 0.2) is 0 Å². The van der Waals surface area contributed by atoms with Crippen LogP contribution in [0.1, 0.15) is 35.6 Å². The van der Waals surface area contributed by atoms with Gasteiger partial charge >= 0.3 is 0 Å². The summed E-state index contributed by atoms with van der Waals surface area (Å²) in [7, 11) is 0. The molecule has 0 aliphatic heterocycles. The maximum Gasteiger partial charge on any atom is 0.269 e. The molecule has 2 rings (SSSR count). The Labute approximate surface area is 124 Å². The minimum absolute atomic E-state index is 0.159. The lowest BCUT2D eigenvalue weighted by molar-refractivity contribution is 0.0944. The fraction of sp³-hybridized carbons (Fsp3) is 0.235. The van der Waals surface area contributed by atoms with Crippen LogP contribution in [0, 0.1) is 17.8 Å². The van der Waals surface area contributed by atoms with E-state index in [0.29, 0.717) is 23.9 Å². The molecule has 0 aliphatic carbocycles. The highest BCUT2D eigenvalue weighted by Gasteiger charge is 2.06. The van der Waals surface area contributed by atoms with Gasteiger partial charge in [-0.3, -0.25) is 4.79 Å². The standard InChI is InChI=1S/C17H17N3O/c1-13(2)11-20-17(21)16-9-7-14(12-19-16)6-8-15-5-3-4-10-18-15/h3-5,7,9-10,12-13H,11H2,1-2H3,(H,20,21). The van der Waals surface area contributed by atoms with Crippen molar-refractivity contribution in [2.24, 2.45) is 5.92 Å². The summed E-state index contributed by atoms with van der Waals surface area (Å²) in [5.41, 5.74) is 1.86. The molecule has 0 spiro atoms. The molecule has 21 heavy (non-hydrogen) atoms. The molecule has 4 nitrogen and oxygen atoms in total. The van der Waals surface area contributed by atoms with Crippen molar-refractivity contribution >= 4 is 5.91 Å². The maximum absolute atomic E-state index is 11.8. The van der Waals surface area contributed by atoms with Gasteiger partial charge in [-0.2, -0.15) is 0 Å². The van der Waals surface area contributed by atoms with E-state index < -0.39 is 0 Å². The molecular formula is C17H17N3O. The predicted octanol–water partition coefficient (Wildman–Crippen LogP) is 2.26. The largest absolute Gasteiger partial charge is 0.350 e. The predicted molar refractivity (Wildman–Crippen MR) is 81.6 cm³/mol. The zero-order valence-electron chi connectivity index (χ0n) is 12.1. The van der Waals surface area contributed by atoms with E-state index in [0.717, 1.165) is 5.56 Å². The molecule has 0 bridgehead atoms. The number of nitrogens with one attached hydrogen (secondary N) is 1. The minimum atomic E-state index is -0.159. The lowest BCUT2D eigenvalue weighted by atomic mass is 10.2. The zero-order chi connectivity index (χ0) is 15.1. The van der Waals surface area contributed by atoms with Crippen molar-refractivity contribution in [3.63, 3.8) is 0 Å². The summed E-state index contributed by atoms with van der Waals surface area (Å²) in [4.78, 5) is 20.1. The Bertz CT molecular complexity index is 652. The summed E-state index contributed by atoms with van der Waals surface area (Å²) in [6, 6.07) is 9.04. The van der Waals surface area contributed by atoms with E-state index in [-0.39, 0.29) is 5.91 Å². The van der Waals surface area contributed by atoms with Crippen LogP contribution in [0.4, 0.5) is 0 Å². The molecule has 0 unspecified atom stereocenters. The number of carbonyl (C=O) groups is 1. The van der Waals surface area contributed by atoms with E-state index in [1.54, 1.807) is 24.5 Å². The second-order valence-electron chi connectivity index (χ2n) is 5.00. The number of pyridine rings is 2. The van der Waals surface area contributed by atoms with Gasteiger partial charge in [0, 0.05) is 24.5 Å². The zero-order valence-corrected chi connectivity index (χ0v) is 12.1. The van der Waals surface area contributed by atoms with Crippen LogP contribution in [-0.4, -0.2) is 22.4 Å². The summed E-state index contributed by atoms with van der Waals surface area (Å²) < 4.78 is 0. The molecule has 1 N–H and O–H groups in total. The highest BCUT2D eigenvalue weighted by atomic mass is 16.1. The molecule has 0 aromatic carbocycles. The summed E-state index contributed by atoms with van der Waals surface area (Å²) in [6.45, 7) is 4.73. The number of aromatic nitrogens is 2. The van der Waals surface area contributed by atoms with Crippen molar-refractivity contribution in [3.8, 4) is 11.8 Å². The third-order valence-corrected chi connectivity index (χ3v) is 2.67. The SMILES string of the molecule is CC(C)CNC(=O)c1ccc(C#Cc2ccccn2)cn1. The Morgan fingerprint density at radius 1 is 1.19 bits per heavy atom. The van der Waals surface area contributed by atoms with Gasteiger partial charge in [-0.25, -0.2) is 9.97 Å². The van der Waals surface area contributed by atoms with Gasteiger partial charge in [0.05, 0.1) is 0 Å². The van der Waals surface area contributed by atoms with E-state index >= 15 is 0 Å². The normalized spacial score (nSPS) is 9.86. The van der Waals surface area contributed by atoms with Gasteiger partial charge < -0.3 is 5.32 Å². The van der Waals surface area contributed by atoms with Gasteiger partial charge in [0.2, 0.25) is 0 Å². The third-order valence-electron chi connectivity index (χ3n) is 2.67. The lowest BCUT2D eigenvalue weighted by Crippen LogP contribution is -2.27. The Morgan fingerprint density at radius 2 is 2.05 bits per heavy atom. The molecule has 2 heterocycles. The van der Waals surface area contributed by atoms with Crippen LogP contribution in [-0.2, 0) is 0 Å². The number of rotatable bonds is 3. The monoisotopic (exact) mass is 279 g/mol. The molecular weight excluding hydrogens is 262 g/mol. The average molecular weight is 279 g/mol. The molecule has 0 saturated carbocycles. The Morgan fingerprint density at radius 3 is 2.67 bits per heavy atom. The van der Waals surface area contributed by atoms with Crippen LogP contribution in [0.3, 0.4) is 0 Å². The topological polar surface area (TPSA) is 54.9 Å². The minimum Gasteiger partial charge on any atom is -0.350 e. The van der Waals surface area contributed by atoms with Crippen LogP contribution in [0.25, 0.3) is 0 Å². The molecule has 4 heteroatoms. The second kappa shape index (κ2) is 7.20. The van der Waals surface area contributed by atoms with Crippen LogP contribution in [0.15, 0.2) is 42.7 Å². The van der Waals surface area contributed by atoms with E-state index in [2.05, 4.69) is 27.1 Å². The molecule has 0 aliphatic rings. The van der Waals surface area contributed by atoms with Crippen molar-refractivity contribution in [2.45, 2.75) is 13.8 Å². The summed E-state index contributed by atoms with van der Waals surface area (Å²) in [5, 5.41) is 2.83. The van der Waals surface area contributed by atoms with Crippen LogP contribution in [0.5, 0.6) is 0 Å². The van der Waals surface area contributed by atoms with Crippen LogP contribution >= 0.6 is 0 Å². The van der Waals surface area contributed by atoms with Gasteiger partial charge in [-0.15, -0.1) is 0 Å². The third kappa shape index (κ3) is 4.73. The van der Waals surface area contributed by atoms with Gasteiger partial charge in [0.1, 0.15) is 11.4 Å². The van der Waals surface area contributed by atoms with E-state index in [1.165, 1.54) is 0 Å². The number of nitrogens with zero attached hydrogens (tertiary/aromatic N) is 2. The Hall–Kier alpha value is -2.67. The smallest absolute Gasteiger partial charge is 0.269 e. The Kier molecular flexibility index (Phi) is 5.05. The molecule has 0 atom stereocenters. The number of hydrogen-bond donors (Lipinski definition) is 1. The maximum atomic E-state index is 11.8. The molecule has 106 valence electrons. The Balaban J connectivity index is 2.03. The molecule has 0 fully saturated rings. The number of amides is 1. The molecule has 0 radical (unpaired) electrons. The van der Waals surface area contributed by atoms with Gasteiger partial charge in [-0.05, 0) is 36.1 Å². The summed E-state index contributed by atoms with van der Waals surface area (Å²) in [5.74, 6) is 6.17. The van der Waals surface area contributed by atoms with Crippen molar-refractivity contribution in [1.29, 1.82) is 0 Å². The van der Waals surface area contributed by atoms with Crippen LogP contribution < -0.4 is 5.32 Å². The fourth-order valence-corrected chi connectivity index (χ4v) is 1.56. The first kappa shape index (κ1) is 14.7. The highest BCUT2D eigenvalue weighted by molar-refractivity contribution is 5.92. The molecule has 0 saturated heterocycles. The summed E-state index contributed by atoms with van der Waals surface area (Å²) in [6.07, 6.45) is 3.30. The second-order valence-corrected chi connectivity index (χ2v) is 5.00. The molecule has 2 aromatic heterocycles. The summed E-state index contributed by atoms with van der Waals surface area (Å²) >= 11 is 0. The fourth-order valence-electron chi connectivity index (χ4n) is 1.56. The van der Waals surface area contributed by atoms with E-state index in [4.69, 9.17) is 0 Å². The van der Waals surface area contributed by atoms with Gasteiger partial charge in [0.25, 0.3) is 5.91 Å². The van der Waals surface area contributed by atoms with Crippen LogP contribution in [0.2, 0.25) is 0 Å². The average Bonchev–Trinajstić information content (AvgIpc) is 2.52. The quantitative estimate of drug-likeness (QED) is 0.877. The first-order valence-electron chi connectivity index (χ1n) is 6.82. The highest BCUT2D eigenvalue weighted by Crippen LogP contribution is 2.00. The van der Waals surface area contributed by atoms with Gasteiger partial charge in [-0.1, -0.05) is 25.8 Å². The van der Waals surface area contributed by atoms with Crippen molar-refractivity contribution in [1.82, 2.24) is 15.3 Å². The lowest BCUT2D eigenvalue weighted by Gasteiger charge is -2.06. The number of carbonyl (C=O) groups excluding carboxylic acids is 1. The van der Waals surface area contributed by atoms with E-state index in [9.17, 15) is 4.79 Å². The van der Waals surface area contributed by atoms with E-state index in [1.807, 2.05) is 32.0 Å². The first-order chi connectivity index (χ1) is 10.1.